The minimum absolute atomic E-state index is 0.170. The molecule has 1 aromatic rings. The fraction of sp³-hybridized carbons (Fsp3) is 0.643. The molecule has 1 aromatic heterocycles. The summed E-state index contributed by atoms with van der Waals surface area (Å²) in [7, 11) is 1.43. The van der Waals surface area contributed by atoms with E-state index in [0.29, 0.717) is 6.42 Å². The summed E-state index contributed by atoms with van der Waals surface area (Å²) in [5.74, 6) is -0.170. The van der Waals surface area contributed by atoms with Crippen LogP contribution in [0.15, 0.2) is 12.1 Å². The molecule has 3 nitrogen and oxygen atoms in total. The van der Waals surface area contributed by atoms with Crippen LogP contribution >= 0.6 is 11.3 Å². The highest BCUT2D eigenvalue weighted by Crippen LogP contribution is 2.17. The maximum absolute atomic E-state index is 11.1. The van der Waals surface area contributed by atoms with Gasteiger partial charge in [0.05, 0.1) is 13.5 Å². The molecule has 18 heavy (non-hydrogen) atoms. The molecule has 0 saturated heterocycles. The van der Waals surface area contributed by atoms with E-state index < -0.39 is 0 Å². The first-order chi connectivity index (χ1) is 8.76. The fourth-order valence-electron chi connectivity index (χ4n) is 1.72. The SMILES string of the molecule is CCCCCCNCc1ccc(CC(=O)OC)s1. The molecule has 0 unspecified atom stereocenters. The topological polar surface area (TPSA) is 38.3 Å². The van der Waals surface area contributed by atoms with Crippen molar-refractivity contribution in [3.63, 3.8) is 0 Å². The number of unbranched alkanes of at least 4 members (excludes halogenated alkanes) is 3. The van der Waals surface area contributed by atoms with E-state index in [1.165, 1.54) is 37.7 Å². The van der Waals surface area contributed by atoms with Gasteiger partial charge in [-0.2, -0.15) is 0 Å². The summed E-state index contributed by atoms with van der Waals surface area (Å²) in [4.78, 5) is 13.5. The van der Waals surface area contributed by atoms with Crippen molar-refractivity contribution in [1.29, 1.82) is 0 Å². The van der Waals surface area contributed by atoms with Crippen LogP contribution in [-0.4, -0.2) is 19.6 Å². The Labute approximate surface area is 114 Å². The minimum atomic E-state index is -0.170. The number of nitrogens with one attached hydrogen (secondary N) is 1. The van der Waals surface area contributed by atoms with Gasteiger partial charge in [0.25, 0.3) is 0 Å². The lowest BCUT2D eigenvalue weighted by molar-refractivity contribution is -0.139. The van der Waals surface area contributed by atoms with Gasteiger partial charge in [-0.1, -0.05) is 26.2 Å². The lowest BCUT2D eigenvalue weighted by atomic mass is 10.2. The molecule has 0 fully saturated rings. The Morgan fingerprint density at radius 2 is 2.06 bits per heavy atom. The molecular formula is C14H23NO2S. The van der Waals surface area contributed by atoms with Crippen LogP contribution in [-0.2, 0) is 22.5 Å². The van der Waals surface area contributed by atoms with E-state index in [9.17, 15) is 4.79 Å². The van der Waals surface area contributed by atoms with Gasteiger partial charge in [0.2, 0.25) is 0 Å². The molecule has 1 rings (SSSR count). The van der Waals surface area contributed by atoms with E-state index >= 15 is 0 Å². The van der Waals surface area contributed by atoms with E-state index in [-0.39, 0.29) is 5.97 Å². The Morgan fingerprint density at radius 3 is 2.78 bits per heavy atom. The second-order valence-electron chi connectivity index (χ2n) is 4.36. The first-order valence-corrected chi connectivity index (χ1v) is 7.43. The molecular weight excluding hydrogens is 246 g/mol. The minimum Gasteiger partial charge on any atom is -0.469 e. The number of rotatable bonds is 9. The van der Waals surface area contributed by atoms with Gasteiger partial charge in [0, 0.05) is 16.3 Å². The summed E-state index contributed by atoms with van der Waals surface area (Å²) in [5.41, 5.74) is 0. The average molecular weight is 269 g/mol. The number of methoxy groups -OCH3 is 1. The largest absolute Gasteiger partial charge is 0.469 e. The maximum Gasteiger partial charge on any atom is 0.310 e. The number of hydrogen-bond acceptors (Lipinski definition) is 4. The van der Waals surface area contributed by atoms with Crippen molar-refractivity contribution < 1.29 is 9.53 Å². The van der Waals surface area contributed by atoms with Crippen molar-refractivity contribution in [2.75, 3.05) is 13.7 Å². The molecule has 0 aromatic carbocycles. The predicted molar refractivity (Wildman–Crippen MR) is 75.9 cm³/mol. The second-order valence-corrected chi connectivity index (χ2v) is 5.61. The molecule has 0 aliphatic carbocycles. The van der Waals surface area contributed by atoms with E-state index in [1.807, 2.05) is 6.07 Å². The monoisotopic (exact) mass is 269 g/mol. The number of hydrogen-bond donors (Lipinski definition) is 1. The van der Waals surface area contributed by atoms with E-state index in [1.54, 1.807) is 11.3 Å². The Kier molecular flexibility index (Phi) is 7.69. The van der Waals surface area contributed by atoms with Crippen molar-refractivity contribution in [2.24, 2.45) is 0 Å². The number of thiophene rings is 1. The van der Waals surface area contributed by atoms with Crippen LogP contribution in [0.4, 0.5) is 0 Å². The van der Waals surface area contributed by atoms with E-state index in [4.69, 9.17) is 0 Å². The predicted octanol–water partition coefficient (Wildman–Crippen LogP) is 3.13. The summed E-state index contributed by atoms with van der Waals surface area (Å²) < 4.78 is 4.65. The highest BCUT2D eigenvalue weighted by molar-refractivity contribution is 7.12. The Morgan fingerprint density at radius 1 is 1.28 bits per heavy atom. The summed E-state index contributed by atoms with van der Waals surface area (Å²) in [5, 5.41) is 3.44. The molecule has 4 heteroatoms. The summed E-state index contributed by atoms with van der Waals surface area (Å²) in [6.45, 7) is 4.20. The van der Waals surface area contributed by atoms with Crippen LogP contribution in [0.1, 0.15) is 42.4 Å². The molecule has 0 aliphatic heterocycles. The third kappa shape index (κ3) is 6.17. The average Bonchev–Trinajstić information content (AvgIpc) is 2.81. The maximum atomic E-state index is 11.1. The van der Waals surface area contributed by atoms with Gasteiger partial charge < -0.3 is 10.1 Å². The number of carbonyl (C=O) groups is 1. The van der Waals surface area contributed by atoms with Crippen molar-refractivity contribution in [3.05, 3.63) is 21.9 Å². The zero-order valence-electron chi connectivity index (χ0n) is 11.3. The Bertz CT molecular complexity index is 349. The Balaban J connectivity index is 2.17. The third-order valence-electron chi connectivity index (χ3n) is 2.77. The fourth-order valence-corrected chi connectivity index (χ4v) is 2.69. The van der Waals surface area contributed by atoms with Gasteiger partial charge in [-0.25, -0.2) is 0 Å². The smallest absolute Gasteiger partial charge is 0.310 e. The number of carbonyl (C=O) groups excluding carboxylic acids is 1. The van der Waals surface area contributed by atoms with Gasteiger partial charge >= 0.3 is 5.97 Å². The first-order valence-electron chi connectivity index (χ1n) is 6.61. The van der Waals surface area contributed by atoms with Crippen LogP contribution in [0.5, 0.6) is 0 Å². The second kappa shape index (κ2) is 9.11. The molecule has 0 aliphatic rings. The van der Waals surface area contributed by atoms with Crippen LogP contribution < -0.4 is 5.32 Å². The summed E-state index contributed by atoms with van der Waals surface area (Å²) in [6.07, 6.45) is 5.54. The van der Waals surface area contributed by atoms with Gasteiger partial charge in [0.1, 0.15) is 0 Å². The van der Waals surface area contributed by atoms with Crippen molar-refractivity contribution in [2.45, 2.75) is 45.6 Å². The van der Waals surface area contributed by atoms with Gasteiger partial charge in [-0.05, 0) is 25.1 Å². The Hall–Kier alpha value is -0.870. The summed E-state index contributed by atoms with van der Waals surface area (Å²) in [6, 6.07) is 4.09. The summed E-state index contributed by atoms with van der Waals surface area (Å²) >= 11 is 1.68. The molecule has 0 amide bonds. The molecule has 0 bridgehead atoms. The van der Waals surface area contributed by atoms with Crippen LogP contribution in [0, 0.1) is 0 Å². The molecule has 102 valence electrons. The van der Waals surface area contributed by atoms with E-state index in [2.05, 4.69) is 23.0 Å². The van der Waals surface area contributed by atoms with Crippen molar-refractivity contribution in [3.8, 4) is 0 Å². The first kappa shape index (κ1) is 15.2. The van der Waals surface area contributed by atoms with Crippen LogP contribution in [0.25, 0.3) is 0 Å². The van der Waals surface area contributed by atoms with E-state index in [0.717, 1.165) is 18.0 Å². The van der Waals surface area contributed by atoms with Crippen molar-refractivity contribution in [1.82, 2.24) is 5.32 Å². The highest BCUT2D eigenvalue weighted by atomic mass is 32.1. The standard InChI is InChI=1S/C14H23NO2S/c1-3-4-5-6-9-15-11-13-8-7-12(18-13)10-14(16)17-2/h7-8,15H,3-6,9-11H2,1-2H3. The zero-order chi connectivity index (χ0) is 13.2. The van der Waals surface area contributed by atoms with Gasteiger partial charge in [-0.3, -0.25) is 4.79 Å². The van der Waals surface area contributed by atoms with Crippen LogP contribution in [0.2, 0.25) is 0 Å². The molecule has 0 radical (unpaired) electrons. The molecule has 1 N–H and O–H groups in total. The highest BCUT2D eigenvalue weighted by Gasteiger charge is 2.05. The number of esters is 1. The third-order valence-corrected chi connectivity index (χ3v) is 3.86. The number of ether oxygens (including phenoxy) is 1. The van der Waals surface area contributed by atoms with Crippen molar-refractivity contribution >= 4 is 17.3 Å². The lowest BCUT2D eigenvalue weighted by Crippen LogP contribution is -2.13. The van der Waals surface area contributed by atoms with Crippen LogP contribution in [0.3, 0.4) is 0 Å². The molecule has 0 spiro atoms. The normalized spacial score (nSPS) is 10.6. The zero-order valence-corrected chi connectivity index (χ0v) is 12.1. The molecule has 0 atom stereocenters. The molecule has 0 saturated carbocycles. The lowest BCUT2D eigenvalue weighted by Gasteiger charge is -2.02. The molecule has 1 heterocycles. The van der Waals surface area contributed by atoms with Gasteiger partial charge in [-0.15, -0.1) is 11.3 Å². The quantitative estimate of drug-likeness (QED) is 0.553. The van der Waals surface area contributed by atoms with Gasteiger partial charge in [0.15, 0.2) is 0 Å².